The number of nitrogens with zero attached hydrogens (tertiary/aromatic N) is 2. The molecule has 0 saturated carbocycles. The molecule has 0 radical (unpaired) electrons. The van der Waals surface area contributed by atoms with Crippen molar-refractivity contribution in [3.8, 4) is 0 Å². The molecule has 0 bridgehead atoms. The Labute approximate surface area is 159 Å². The van der Waals surface area contributed by atoms with E-state index < -0.39 is 0 Å². The van der Waals surface area contributed by atoms with Crippen molar-refractivity contribution in [1.29, 1.82) is 0 Å². The van der Waals surface area contributed by atoms with Gasteiger partial charge in [-0.2, -0.15) is 0 Å². The lowest BCUT2D eigenvalue weighted by Gasteiger charge is -2.10. The highest BCUT2D eigenvalue weighted by atomic mass is 32.2. The van der Waals surface area contributed by atoms with Gasteiger partial charge in [0.15, 0.2) is 4.34 Å². The molecule has 3 aromatic rings. The van der Waals surface area contributed by atoms with Gasteiger partial charge in [0.1, 0.15) is 5.82 Å². The van der Waals surface area contributed by atoms with Gasteiger partial charge in [0.25, 0.3) is 0 Å². The summed E-state index contributed by atoms with van der Waals surface area (Å²) < 4.78 is 14.3. The van der Waals surface area contributed by atoms with Crippen molar-refractivity contribution in [3.63, 3.8) is 0 Å². The Hall–Kier alpha value is -2.45. The Morgan fingerprint density at radius 3 is 2.58 bits per heavy atom. The van der Waals surface area contributed by atoms with Crippen molar-refractivity contribution in [1.82, 2.24) is 10.2 Å². The average molecular weight is 388 g/mol. The summed E-state index contributed by atoms with van der Waals surface area (Å²) in [5.74, 6) is -0.238. The van der Waals surface area contributed by atoms with E-state index in [1.54, 1.807) is 18.2 Å². The number of carbonyl (C=O) groups is 1. The maximum atomic E-state index is 13.6. The van der Waals surface area contributed by atoms with Gasteiger partial charge in [-0.15, -0.1) is 10.2 Å². The molecule has 8 heteroatoms. The highest BCUT2D eigenvalue weighted by Gasteiger charge is 2.11. The summed E-state index contributed by atoms with van der Waals surface area (Å²) in [4.78, 5) is 12.2. The lowest BCUT2D eigenvalue weighted by Crippen LogP contribution is -2.15. The molecule has 0 unspecified atom stereocenters. The number of halogens is 1. The molecular weight excluding hydrogens is 371 g/mol. The van der Waals surface area contributed by atoms with Crippen LogP contribution in [0.15, 0.2) is 46.8 Å². The number of thioether (sulfide) groups is 1. The number of rotatable bonds is 6. The molecule has 26 heavy (non-hydrogen) atoms. The summed E-state index contributed by atoms with van der Waals surface area (Å²) in [5.41, 5.74) is 3.23. The normalized spacial score (nSPS) is 10.6. The van der Waals surface area contributed by atoms with E-state index in [4.69, 9.17) is 0 Å². The molecule has 5 nitrogen and oxygen atoms in total. The van der Waals surface area contributed by atoms with E-state index in [0.717, 1.165) is 16.8 Å². The van der Waals surface area contributed by atoms with Gasteiger partial charge in [-0.25, -0.2) is 4.39 Å². The first-order valence-corrected chi connectivity index (χ1v) is 9.67. The van der Waals surface area contributed by atoms with Crippen LogP contribution in [0.4, 0.5) is 20.9 Å². The standard InChI is InChI=1S/C18H17FN4OS2/c1-11-6-5-7-12(2)16(11)21-15(24)10-25-18-23-22-17(26-18)20-14-9-4-3-8-13(14)19/h3-9H,10H2,1-2H3,(H,20,22)(H,21,24). The maximum absolute atomic E-state index is 13.6. The fourth-order valence-corrected chi connectivity index (χ4v) is 3.88. The van der Waals surface area contributed by atoms with Gasteiger partial charge in [-0.05, 0) is 37.1 Å². The topological polar surface area (TPSA) is 66.9 Å². The van der Waals surface area contributed by atoms with Crippen LogP contribution in [-0.4, -0.2) is 21.9 Å². The first-order valence-electron chi connectivity index (χ1n) is 7.87. The van der Waals surface area contributed by atoms with Gasteiger partial charge in [0, 0.05) is 5.69 Å². The fourth-order valence-electron chi connectivity index (χ4n) is 2.31. The number of para-hydroxylation sites is 2. The van der Waals surface area contributed by atoms with Crippen LogP contribution in [0.1, 0.15) is 11.1 Å². The Bertz CT molecular complexity index is 909. The van der Waals surface area contributed by atoms with Crippen LogP contribution < -0.4 is 10.6 Å². The number of amides is 1. The number of hydrogen-bond donors (Lipinski definition) is 2. The third-order valence-electron chi connectivity index (χ3n) is 3.59. The monoisotopic (exact) mass is 388 g/mol. The van der Waals surface area contributed by atoms with Gasteiger partial charge >= 0.3 is 0 Å². The van der Waals surface area contributed by atoms with E-state index in [1.807, 2.05) is 32.0 Å². The zero-order chi connectivity index (χ0) is 18.5. The number of hydrogen-bond acceptors (Lipinski definition) is 6. The molecule has 1 amide bonds. The molecule has 2 aromatic carbocycles. The minimum Gasteiger partial charge on any atom is -0.328 e. The summed E-state index contributed by atoms with van der Waals surface area (Å²) in [5, 5.41) is 14.3. The lowest BCUT2D eigenvalue weighted by molar-refractivity contribution is -0.113. The smallest absolute Gasteiger partial charge is 0.234 e. The number of benzene rings is 2. The summed E-state index contributed by atoms with van der Waals surface area (Å²) in [7, 11) is 0. The maximum Gasteiger partial charge on any atom is 0.234 e. The average Bonchev–Trinajstić information content (AvgIpc) is 3.06. The molecule has 0 aliphatic carbocycles. The summed E-state index contributed by atoms with van der Waals surface area (Å²) in [6, 6.07) is 12.2. The van der Waals surface area contributed by atoms with E-state index in [9.17, 15) is 9.18 Å². The van der Waals surface area contributed by atoms with Crippen LogP contribution in [0, 0.1) is 19.7 Å². The number of aromatic nitrogens is 2. The zero-order valence-corrected chi connectivity index (χ0v) is 15.9. The largest absolute Gasteiger partial charge is 0.328 e. The van der Waals surface area contributed by atoms with Crippen molar-refractivity contribution in [2.45, 2.75) is 18.2 Å². The predicted octanol–water partition coefficient (Wildman–Crippen LogP) is 4.77. The molecule has 1 heterocycles. The van der Waals surface area contributed by atoms with Crippen molar-refractivity contribution >= 4 is 45.5 Å². The van der Waals surface area contributed by atoms with Gasteiger partial charge in [-0.3, -0.25) is 4.79 Å². The number of nitrogens with one attached hydrogen (secondary N) is 2. The Morgan fingerprint density at radius 1 is 1.12 bits per heavy atom. The highest BCUT2D eigenvalue weighted by Crippen LogP contribution is 2.28. The number of carbonyl (C=O) groups excluding carboxylic acids is 1. The zero-order valence-electron chi connectivity index (χ0n) is 14.2. The van der Waals surface area contributed by atoms with Gasteiger partial charge in [-0.1, -0.05) is 53.4 Å². The van der Waals surface area contributed by atoms with Crippen molar-refractivity contribution in [3.05, 3.63) is 59.4 Å². The summed E-state index contributed by atoms with van der Waals surface area (Å²) in [6.07, 6.45) is 0. The molecule has 0 spiro atoms. The molecule has 0 fully saturated rings. The molecule has 0 atom stereocenters. The molecule has 0 aliphatic rings. The van der Waals surface area contributed by atoms with Crippen molar-refractivity contribution < 1.29 is 9.18 Å². The third kappa shape index (κ3) is 4.59. The Kier molecular flexibility index (Phi) is 5.85. The van der Waals surface area contributed by atoms with Crippen molar-refractivity contribution in [2.24, 2.45) is 0 Å². The van der Waals surface area contributed by atoms with Crippen LogP contribution in [-0.2, 0) is 4.79 Å². The molecule has 2 N–H and O–H groups in total. The van der Waals surface area contributed by atoms with E-state index in [-0.39, 0.29) is 17.5 Å². The second-order valence-electron chi connectivity index (χ2n) is 5.58. The third-order valence-corrected chi connectivity index (χ3v) is 5.57. The molecular formula is C18H17FN4OS2. The quantitative estimate of drug-likeness (QED) is 0.596. The van der Waals surface area contributed by atoms with Crippen LogP contribution in [0.5, 0.6) is 0 Å². The van der Waals surface area contributed by atoms with Gasteiger partial charge < -0.3 is 10.6 Å². The van der Waals surface area contributed by atoms with Crippen LogP contribution >= 0.6 is 23.1 Å². The summed E-state index contributed by atoms with van der Waals surface area (Å²) in [6.45, 7) is 3.92. The minimum absolute atomic E-state index is 0.105. The number of aryl methyl sites for hydroxylation is 2. The molecule has 3 rings (SSSR count). The van der Waals surface area contributed by atoms with Crippen LogP contribution in [0.25, 0.3) is 0 Å². The minimum atomic E-state index is -0.357. The van der Waals surface area contributed by atoms with Gasteiger partial charge in [0.2, 0.25) is 11.0 Å². The highest BCUT2D eigenvalue weighted by molar-refractivity contribution is 8.01. The van der Waals surface area contributed by atoms with E-state index in [1.165, 1.54) is 29.2 Å². The molecule has 134 valence electrons. The van der Waals surface area contributed by atoms with Gasteiger partial charge in [0.05, 0.1) is 11.4 Å². The van der Waals surface area contributed by atoms with Crippen LogP contribution in [0.2, 0.25) is 0 Å². The fraction of sp³-hybridized carbons (Fsp3) is 0.167. The van der Waals surface area contributed by atoms with E-state index in [0.29, 0.717) is 15.2 Å². The number of anilines is 3. The van der Waals surface area contributed by atoms with Crippen LogP contribution in [0.3, 0.4) is 0 Å². The first-order chi connectivity index (χ1) is 12.5. The second-order valence-corrected chi connectivity index (χ2v) is 7.78. The molecule has 0 aliphatic heterocycles. The van der Waals surface area contributed by atoms with E-state index in [2.05, 4.69) is 20.8 Å². The Morgan fingerprint density at radius 2 is 1.85 bits per heavy atom. The van der Waals surface area contributed by atoms with E-state index >= 15 is 0 Å². The second kappa shape index (κ2) is 8.29. The molecule has 0 saturated heterocycles. The lowest BCUT2D eigenvalue weighted by atomic mass is 10.1. The molecule has 1 aromatic heterocycles. The Balaban J connectivity index is 1.56. The SMILES string of the molecule is Cc1cccc(C)c1NC(=O)CSc1nnc(Nc2ccccc2F)s1. The van der Waals surface area contributed by atoms with Crippen molar-refractivity contribution in [2.75, 3.05) is 16.4 Å². The summed E-state index contributed by atoms with van der Waals surface area (Å²) >= 11 is 2.57. The first kappa shape index (κ1) is 18.3. The predicted molar refractivity (Wildman–Crippen MR) is 105 cm³/mol.